The van der Waals surface area contributed by atoms with Crippen molar-refractivity contribution in [2.75, 3.05) is 13.1 Å². The average molecular weight is 446 g/mol. The zero-order valence-electron chi connectivity index (χ0n) is 19.2. The summed E-state index contributed by atoms with van der Waals surface area (Å²) in [5.41, 5.74) is 3.62. The summed E-state index contributed by atoms with van der Waals surface area (Å²) in [7, 11) is 0. The summed E-state index contributed by atoms with van der Waals surface area (Å²) in [6.45, 7) is 7.46. The van der Waals surface area contributed by atoms with Gasteiger partial charge in [-0.05, 0) is 57.9 Å². The molecule has 1 amide bonds. The highest BCUT2D eigenvalue weighted by Gasteiger charge is 2.31. The first-order valence-corrected chi connectivity index (χ1v) is 11.5. The predicted octanol–water partition coefficient (Wildman–Crippen LogP) is 5.27. The van der Waals surface area contributed by atoms with Gasteiger partial charge in [-0.2, -0.15) is 5.10 Å². The number of halogens is 1. The van der Waals surface area contributed by atoms with Crippen LogP contribution in [0.4, 0.5) is 4.39 Å². The number of rotatable bonds is 4. The maximum atomic E-state index is 14.3. The van der Waals surface area contributed by atoms with Gasteiger partial charge in [0.1, 0.15) is 17.3 Å². The van der Waals surface area contributed by atoms with E-state index >= 15 is 0 Å². The van der Waals surface area contributed by atoms with Crippen molar-refractivity contribution in [1.29, 1.82) is 0 Å². The molecule has 0 radical (unpaired) electrons. The SMILES string of the molecule is Cc1c(C(=O)N2CCCC(c3nc4ccccc4n3C(C)C)C2)cnn1-c1ccccc1F. The number of carbonyl (C=O) groups excluding carboxylic acids is 1. The standard InChI is InChI=1S/C26H28FN5O/c1-17(2)31-24-13-7-5-11-22(24)29-25(31)19-9-8-14-30(16-19)26(33)20-15-28-32(18(20)3)23-12-6-4-10-21(23)27/h4-7,10-13,15,17,19H,8-9,14,16H2,1-3H3. The van der Waals surface area contributed by atoms with Gasteiger partial charge in [-0.25, -0.2) is 14.1 Å². The molecule has 1 unspecified atom stereocenters. The molecule has 4 aromatic rings. The molecule has 1 fully saturated rings. The summed E-state index contributed by atoms with van der Waals surface area (Å²) in [6, 6.07) is 14.9. The maximum absolute atomic E-state index is 14.3. The molecule has 33 heavy (non-hydrogen) atoms. The van der Waals surface area contributed by atoms with Crippen LogP contribution in [0.25, 0.3) is 16.7 Å². The number of hydrogen-bond acceptors (Lipinski definition) is 3. The van der Waals surface area contributed by atoms with Crippen LogP contribution < -0.4 is 0 Å². The number of carbonyl (C=O) groups is 1. The molecule has 1 saturated heterocycles. The fraction of sp³-hybridized carbons (Fsp3) is 0.346. The Labute approximate surface area is 192 Å². The Hall–Kier alpha value is -3.48. The van der Waals surface area contributed by atoms with Crippen LogP contribution in [0, 0.1) is 12.7 Å². The number of para-hydroxylation sites is 3. The number of imidazole rings is 1. The summed E-state index contributed by atoms with van der Waals surface area (Å²) >= 11 is 0. The van der Waals surface area contributed by atoms with Gasteiger partial charge in [0.05, 0.1) is 28.5 Å². The first-order valence-electron chi connectivity index (χ1n) is 11.5. The number of amides is 1. The van der Waals surface area contributed by atoms with Crippen molar-refractivity contribution < 1.29 is 9.18 Å². The van der Waals surface area contributed by atoms with E-state index in [2.05, 4.69) is 29.6 Å². The van der Waals surface area contributed by atoms with Crippen LogP contribution in [0.5, 0.6) is 0 Å². The third-order valence-electron chi connectivity index (χ3n) is 6.53. The van der Waals surface area contributed by atoms with E-state index < -0.39 is 0 Å². The molecular weight excluding hydrogens is 417 g/mol. The summed E-state index contributed by atoms with van der Waals surface area (Å²) in [6.07, 6.45) is 3.46. The minimum atomic E-state index is -0.367. The van der Waals surface area contributed by atoms with Gasteiger partial charge in [0, 0.05) is 25.0 Å². The Morgan fingerprint density at radius 3 is 2.67 bits per heavy atom. The minimum absolute atomic E-state index is 0.0630. The summed E-state index contributed by atoms with van der Waals surface area (Å²) in [5, 5.41) is 4.32. The van der Waals surface area contributed by atoms with Gasteiger partial charge in [-0.15, -0.1) is 0 Å². The fourth-order valence-electron chi connectivity index (χ4n) is 4.92. The molecule has 7 heteroatoms. The topological polar surface area (TPSA) is 56.0 Å². The number of fused-ring (bicyclic) bond motifs is 1. The lowest BCUT2D eigenvalue weighted by atomic mass is 9.96. The van der Waals surface area contributed by atoms with E-state index in [0.29, 0.717) is 30.0 Å². The van der Waals surface area contributed by atoms with Crippen molar-refractivity contribution in [2.45, 2.75) is 45.6 Å². The maximum Gasteiger partial charge on any atom is 0.257 e. The number of piperidine rings is 1. The highest BCUT2D eigenvalue weighted by molar-refractivity contribution is 5.95. The molecule has 0 aliphatic carbocycles. The van der Waals surface area contributed by atoms with Crippen molar-refractivity contribution in [3.8, 4) is 5.69 Å². The van der Waals surface area contributed by atoms with Gasteiger partial charge in [0.2, 0.25) is 0 Å². The molecule has 0 spiro atoms. The Morgan fingerprint density at radius 1 is 1.12 bits per heavy atom. The van der Waals surface area contributed by atoms with Gasteiger partial charge < -0.3 is 9.47 Å². The van der Waals surface area contributed by atoms with Crippen LogP contribution in [0.1, 0.15) is 60.5 Å². The minimum Gasteiger partial charge on any atom is -0.338 e. The number of nitrogens with zero attached hydrogens (tertiary/aromatic N) is 5. The van der Waals surface area contributed by atoms with Crippen molar-refractivity contribution >= 4 is 16.9 Å². The van der Waals surface area contributed by atoms with Crippen LogP contribution in [-0.4, -0.2) is 43.2 Å². The second-order valence-electron chi connectivity index (χ2n) is 9.02. The second kappa shape index (κ2) is 8.46. The third-order valence-corrected chi connectivity index (χ3v) is 6.53. The Bertz CT molecular complexity index is 1320. The highest BCUT2D eigenvalue weighted by Crippen LogP contribution is 2.32. The molecule has 170 valence electrons. The van der Waals surface area contributed by atoms with Gasteiger partial charge in [-0.1, -0.05) is 24.3 Å². The van der Waals surface area contributed by atoms with E-state index in [0.717, 1.165) is 29.7 Å². The molecule has 1 atom stereocenters. The number of likely N-dealkylation sites (tertiary alicyclic amines) is 1. The van der Waals surface area contributed by atoms with E-state index in [-0.39, 0.29) is 23.7 Å². The van der Waals surface area contributed by atoms with Gasteiger partial charge in [-0.3, -0.25) is 4.79 Å². The van der Waals surface area contributed by atoms with Crippen LogP contribution in [0.2, 0.25) is 0 Å². The first-order chi connectivity index (χ1) is 16.0. The van der Waals surface area contributed by atoms with Crippen molar-refractivity contribution in [1.82, 2.24) is 24.2 Å². The Balaban J connectivity index is 1.44. The average Bonchev–Trinajstić information content (AvgIpc) is 3.40. The molecule has 2 aromatic heterocycles. The predicted molar refractivity (Wildman–Crippen MR) is 126 cm³/mol. The summed E-state index contributed by atoms with van der Waals surface area (Å²) in [4.78, 5) is 20.3. The second-order valence-corrected chi connectivity index (χ2v) is 9.02. The fourth-order valence-corrected chi connectivity index (χ4v) is 4.92. The lowest BCUT2D eigenvalue weighted by molar-refractivity contribution is 0.0702. The zero-order valence-corrected chi connectivity index (χ0v) is 19.2. The molecule has 1 aliphatic heterocycles. The molecule has 5 rings (SSSR count). The van der Waals surface area contributed by atoms with Crippen LogP contribution >= 0.6 is 0 Å². The van der Waals surface area contributed by atoms with E-state index in [1.807, 2.05) is 30.0 Å². The molecular formula is C26H28FN5O. The van der Waals surface area contributed by atoms with Gasteiger partial charge in [0.15, 0.2) is 0 Å². The highest BCUT2D eigenvalue weighted by atomic mass is 19.1. The van der Waals surface area contributed by atoms with Crippen molar-refractivity contribution in [3.63, 3.8) is 0 Å². The lowest BCUT2D eigenvalue weighted by Crippen LogP contribution is -2.40. The van der Waals surface area contributed by atoms with Gasteiger partial charge in [0.25, 0.3) is 5.91 Å². The molecule has 1 aliphatic rings. The molecule has 0 bridgehead atoms. The Morgan fingerprint density at radius 2 is 1.88 bits per heavy atom. The van der Waals surface area contributed by atoms with Crippen LogP contribution in [0.15, 0.2) is 54.7 Å². The van der Waals surface area contributed by atoms with Crippen LogP contribution in [-0.2, 0) is 0 Å². The number of hydrogen-bond donors (Lipinski definition) is 0. The molecule has 3 heterocycles. The first kappa shape index (κ1) is 21.4. The smallest absolute Gasteiger partial charge is 0.257 e. The van der Waals surface area contributed by atoms with E-state index in [4.69, 9.17) is 4.98 Å². The van der Waals surface area contributed by atoms with E-state index in [1.165, 1.54) is 10.7 Å². The van der Waals surface area contributed by atoms with Crippen molar-refractivity contribution in [3.05, 3.63) is 77.6 Å². The third kappa shape index (κ3) is 3.71. The Kier molecular flexibility index (Phi) is 5.48. The monoisotopic (exact) mass is 445 g/mol. The van der Waals surface area contributed by atoms with Gasteiger partial charge >= 0.3 is 0 Å². The summed E-state index contributed by atoms with van der Waals surface area (Å²) < 4.78 is 18.1. The van der Waals surface area contributed by atoms with Crippen molar-refractivity contribution in [2.24, 2.45) is 0 Å². The molecule has 0 N–H and O–H groups in total. The lowest BCUT2D eigenvalue weighted by Gasteiger charge is -2.33. The molecule has 6 nitrogen and oxygen atoms in total. The van der Waals surface area contributed by atoms with E-state index in [9.17, 15) is 9.18 Å². The summed E-state index contributed by atoms with van der Waals surface area (Å²) in [5.74, 6) is 0.780. The largest absolute Gasteiger partial charge is 0.338 e. The molecule has 0 saturated carbocycles. The molecule has 2 aromatic carbocycles. The normalized spacial score (nSPS) is 16.6. The van der Waals surface area contributed by atoms with E-state index in [1.54, 1.807) is 24.4 Å². The van der Waals surface area contributed by atoms with Crippen LogP contribution in [0.3, 0.4) is 0 Å². The zero-order chi connectivity index (χ0) is 23.1. The number of benzene rings is 2. The quantitative estimate of drug-likeness (QED) is 0.430. The number of aromatic nitrogens is 4.